The van der Waals surface area contributed by atoms with Gasteiger partial charge in [0.15, 0.2) is 0 Å². The van der Waals surface area contributed by atoms with Gasteiger partial charge in [0.2, 0.25) is 5.95 Å². The maximum Gasteiger partial charge on any atom is 0.281 e. The van der Waals surface area contributed by atoms with Crippen LogP contribution in [0.1, 0.15) is 12.1 Å². The Kier molecular flexibility index (Phi) is 3.47. The topological polar surface area (TPSA) is 47.0 Å². The number of hydrogen-bond acceptors (Lipinski definition) is 3. The molecule has 0 aromatic carbocycles. The Bertz CT molecular complexity index is 491. The molecule has 0 saturated heterocycles. The first-order chi connectivity index (χ1) is 6.73. The van der Waals surface area contributed by atoms with Gasteiger partial charge in [-0.05, 0) is 6.07 Å². The Morgan fingerprint density at radius 3 is 2.33 bits per heavy atom. The van der Waals surface area contributed by atoms with Crippen LogP contribution in [-0.2, 0) is 9.05 Å². The van der Waals surface area contributed by atoms with Crippen molar-refractivity contribution in [2.45, 2.75) is 11.3 Å². The minimum atomic E-state index is -4.39. The van der Waals surface area contributed by atoms with Crippen LogP contribution in [0.2, 0.25) is 5.02 Å². The van der Waals surface area contributed by atoms with Crippen molar-refractivity contribution in [3.05, 3.63) is 22.7 Å². The molecule has 0 atom stereocenters. The van der Waals surface area contributed by atoms with E-state index < -0.39 is 37.0 Å². The van der Waals surface area contributed by atoms with Gasteiger partial charge in [-0.25, -0.2) is 22.2 Å². The fourth-order valence-corrected chi connectivity index (χ4v) is 1.92. The molecule has 0 fully saturated rings. The van der Waals surface area contributed by atoms with Crippen LogP contribution in [0.5, 0.6) is 0 Å². The molecule has 0 spiro atoms. The molecule has 1 rings (SSSR count). The lowest BCUT2D eigenvalue weighted by Gasteiger charge is -2.04. The average molecular weight is 280 g/mol. The highest BCUT2D eigenvalue weighted by Crippen LogP contribution is 2.29. The van der Waals surface area contributed by atoms with Gasteiger partial charge in [-0.1, -0.05) is 11.6 Å². The maximum absolute atomic E-state index is 12.9. The van der Waals surface area contributed by atoms with Crippen molar-refractivity contribution < 1.29 is 21.6 Å². The van der Waals surface area contributed by atoms with E-state index in [4.69, 9.17) is 22.3 Å². The van der Waals surface area contributed by atoms with Crippen LogP contribution in [0.15, 0.2) is 11.0 Å². The van der Waals surface area contributed by atoms with Gasteiger partial charge in [0.1, 0.15) is 10.6 Å². The molecule has 15 heavy (non-hydrogen) atoms. The van der Waals surface area contributed by atoms with Crippen LogP contribution >= 0.6 is 22.3 Å². The summed E-state index contributed by atoms with van der Waals surface area (Å²) in [5, 5.41) is -0.661. The summed E-state index contributed by atoms with van der Waals surface area (Å²) in [6, 6.07) is 0.494. The summed E-state index contributed by atoms with van der Waals surface area (Å²) in [6.45, 7) is 0. The van der Waals surface area contributed by atoms with Gasteiger partial charge >= 0.3 is 0 Å². The SMILES string of the molecule is O=S(=O)(Cl)c1cc(Cl)c(C(F)F)nc1F. The highest BCUT2D eigenvalue weighted by molar-refractivity contribution is 8.13. The lowest BCUT2D eigenvalue weighted by Crippen LogP contribution is -2.02. The number of rotatable bonds is 2. The largest absolute Gasteiger partial charge is 0.281 e. The second-order valence-corrected chi connectivity index (χ2v) is 5.32. The quantitative estimate of drug-likeness (QED) is 0.618. The van der Waals surface area contributed by atoms with Gasteiger partial charge in [-0.3, -0.25) is 0 Å². The smallest absolute Gasteiger partial charge is 0.216 e. The van der Waals surface area contributed by atoms with Crippen molar-refractivity contribution in [3.63, 3.8) is 0 Å². The first-order valence-electron chi connectivity index (χ1n) is 3.32. The third-order valence-electron chi connectivity index (χ3n) is 1.39. The Morgan fingerprint density at radius 1 is 1.40 bits per heavy atom. The summed E-state index contributed by atoms with van der Waals surface area (Å²) in [5.74, 6) is -1.61. The standard InChI is InChI=1S/C6H2Cl2F3NO2S/c7-2-1-3(15(8,13)14)6(11)12-4(2)5(9)10/h1,5H. The zero-order valence-electron chi connectivity index (χ0n) is 6.72. The Hall–Kier alpha value is -0.530. The molecular formula is C6H2Cl2F3NO2S. The van der Waals surface area contributed by atoms with Crippen LogP contribution in [-0.4, -0.2) is 13.4 Å². The van der Waals surface area contributed by atoms with Crippen LogP contribution in [0.4, 0.5) is 13.2 Å². The summed E-state index contributed by atoms with van der Waals surface area (Å²) in [5.41, 5.74) is -1.03. The van der Waals surface area contributed by atoms with Crippen LogP contribution in [0.25, 0.3) is 0 Å². The highest BCUT2D eigenvalue weighted by Gasteiger charge is 2.23. The molecule has 1 aromatic rings. The van der Waals surface area contributed by atoms with Crippen molar-refractivity contribution in [1.82, 2.24) is 4.98 Å². The van der Waals surface area contributed by atoms with E-state index in [-0.39, 0.29) is 0 Å². The molecule has 0 N–H and O–H groups in total. The van der Waals surface area contributed by atoms with E-state index in [1.54, 1.807) is 0 Å². The number of aromatic nitrogens is 1. The highest BCUT2D eigenvalue weighted by atomic mass is 35.7. The number of hydrogen-bond donors (Lipinski definition) is 0. The van der Waals surface area contributed by atoms with Crippen molar-refractivity contribution in [3.8, 4) is 0 Å². The number of halogens is 5. The van der Waals surface area contributed by atoms with Crippen LogP contribution in [0.3, 0.4) is 0 Å². The molecule has 1 aromatic heterocycles. The third-order valence-corrected chi connectivity index (χ3v) is 3.01. The average Bonchev–Trinajstić information content (AvgIpc) is 2.06. The molecule has 0 bridgehead atoms. The van der Waals surface area contributed by atoms with Crippen molar-refractivity contribution in [2.75, 3.05) is 0 Å². The van der Waals surface area contributed by atoms with Crippen molar-refractivity contribution >= 4 is 31.3 Å². The zero-order chi connectivity index (χ0) is 11.8. The van der Waals surface area contributed by atoms with Crippen LogP contribution < -0.4 is 0 Å². The Morgan fingerprint density at radius 2 is 1.93 bits per heavy atom. The first kappa shape index (κ1) is 12.5. The predicted molar refractivity (Wildman–Crippen MR) is 47.2 cm³/mol. The first-order valence-corrected chi connectivity index (χ1v) is 6.01. The fraction of sp³-hybridized carbons (Fsp3) is 0.167. The van der Waals surface area contributed by atoms with Crippen LogP contribution in [0, 0.1) is 5.95 Å². The van der Waals surface area contributed by atoms with Gasteiger partial charge in [0, 0.05) is 10.7 Å². The van der Waals surface area contributed by atoms with E-state index in [2.05, 4.69) is 4.98 Å². The molecule has 1 heterocycles. The lowest BCUT2D eigenvalue weighted by atomic mass is 10.3. The molecule has 0 amide bonds. The molecule has 0 radical (unpaired) electrons. The van der Waals surface area contributed by atoms with E-state index in [1.165, 1.54) is 0 Å². The maximum atomic E-state index is 12.9. The van der Waals surface area contributed by atoms with Gasteiger partial charge in [0.05, 0.1) is 5.02 Å². The number of nitrogens with zero attached hydrogens (tertiary/aromatic N) is 1. The Balaban J connectivity index is 3.46. The van der Waals surface area contributed by atoms with Gasteiger partial charge in [0.25, 0.3) is 15.5 Å². The predicted octanol–water partition coefficient (Wildman–Crippen LogP) is 2.74. The van der Waals surface area contributed by atoms with Crippen molar-refractivity contribution in [1.29, 1.82) is 0 Å². The molecule has 9 heteroatoms. The molecule has 3 nitrogen and oxygen atoms in total. The summed E-state index contributed by atoms with van der Waals surface area (Å²) in [7, 11) is 0.421. The minimum Gasteiger partial charge on any atom is -0.216 e. The van der Waals surface area contributed by atoms with E-state index in [1.807, 2.05) is 0 Å². The van der Waals surface area contributed by atoms with E-state index >= 15 is 0 Å². The summed E-state index contributed by atoms with van der Waals surface area (Å²) < 4.78 is 58.7. The lowest BCUT2D eigenvalue weighted by molar-refractivity contribution is 0.144. The van der Waals surface area contributed by atoms with Gasteiger partial charge in [-0.15, -0.1) is 0 Å². The molecule has 0 aliphatic heterocycles. The third kappa shape index (κ3) is 2.73. The van der Waals surface area contributed by atoms with E-state index in [0.717, 1.165) is 0 Å². The summed E-state index contributed by atoms with van der Waals surface area (Å²) in [4.78, 5) is 1.70. The van der Waals surface area contributed by atoms with E-state index in [9.17, 15) is 21.6 Å². The van der Waals surface area contributed by atoms with Gasteiger partial charge in [-0.2, -0.15) is 4.39 Å². The Labute approximate surface area is 92.2 Å². The molecule has 0 saturated carbocycles. The molecule has 84 valence electrons. The molecular weight excluding hydrogens is 278 g/mol. The summed E-state index contributed by atoms with van der Waals surface area (Å²) in [6.07, 6.45) is -3.10. The normalized spacial score (nSPS) is 12.1. The van der Waals surface area contributed by atoms with Gasteiger partial charge < -0.3 is 0 Å². The van der Waals surface area contributed by atoms with E-state index in [0.29, 0.717) is 6.07 Å². The minimum absolute atomic E-state index is 0.494. The molecule has 0 aliphatic carbocycles. The summed E-state index contributed by atoms with van der Waals surface area (Å²) >= 11 is 5.27. The molecule has 0 aliphatic rings. The second kappa shape index (κ2) is 4.15. The number of pyridine rings is 1. The molecule has 0 unspecified atom stereocenters. The second-order valence-electron chi connectivity index (χ2n) is 2.38. The van der Waals surface area contributed by atoms with Crippen molar-refractivity contribution in [2.24, 2.45) is 0 Å². The zero-order valence-corrected chi connectivity index (χ0v) is 9.04. The monoisotopic (exact) mass is 279 g/mol. The number of alkyl halides is 2. The fourth-order valence-electron chi connectivity index (χ4n) is 0.787.